The third kappa shape index (κ3) is 4.51. The number of benzene rings is 1. The lowest BCUT2D eigenvalue weighted by molar-refractivity contribution is -0.139. The molecule has 36 heavy (non-hydrogen) atoms. The average molecular weight is 488 g/mol. The summed E-state index contributed by atoms with van der Waals surface area (Å²) in [5.41, 5.74) is 6.54. The molecule has 0 N–H and O–H groups in total. The van der Waals surface area contributed by atoms with Crippen LogP contribution >= 0.6 is 0 Å². The number of carbonyl (C=O) groups is 1. The first-order chi connectivity index (χ1) is 17.1. The highest BCUT2D eigenvalue weighted by Crippen LogP contribution is 2.41. The Bertz CT molecular complexity index is 1230. The molecule has 1 aromatic carbocycles. The minimum atomic E-state index is -0.0703. The van der Waals surface area contributed by atoms with E-state index in [1.807, 2.05) is 35.6 Å². The van der Waals surface area contributed by atoms with Crippen LogP contribution in [0.2, 0.25) is 0 Å². The smallest absolute Gasteiger partial charge is 0.225 e. The molecular weight excluding hydrogens is 446 g/mol. The van der Waals surface area contributed by atoms with Gasteiger partial charge in [-0.1, -0.05) is 52.2 Å². The molecule has 2 aliphatic rings. The number of hydrogen-bond acceptors (Lipinski definition) is 4. The zero-order valence-corrected chi connectivity index (χ0v) is 22.8. The van der Waals surface area contributed by atoms with Crippen LogP contribution < -0.4 is 4.90 Å². The van der Waals surface area contributed by atoms with Gasteiger partial charge in [-0.15, -0.1) is 0 Å². The van der Waals surface area contributed by atoms with E-state index < -0.39 is 0 Å². The summed E-state index contributed by atoms with van der Waals surface area (Å²) in [6, 6.07) is 11.3. The van der Waals surface area contributed by atoms with Crippen molar-refractivity contribution >= 4 is 22.9 Å². The first-order valence-corrected chi connectivity index (χ1v) is 13.7. The zero-order valence-electron chi connectivity index (χ0n) is 22.8. The fourth-order valence-electron chi connectivity index (χ4n) is 6.51. The van der Waals surface area contributed by atoms with Gasteiger partial charge in [0, 0.05) is 30.8 Å². The Morgan fingerprint density at radius 2 is 1.78 bits per heavy atom. The molecule has 1 saturated carbocycles. The molecule has 0 saturated heterocycles. The minimum absolute atomic E-state index is 0.0281. The van der Waals surface area contributed by atoms with Crippen molar-refractivity contribution < 1.29 is 4.79 Å². The van der Waals surface area contributed by atoms with E-state index in [9.17, 15) is 4.79 Å². The number of nitrogens with zero attached hydrogens (tertiary/aromatic N) is 5. The summed E-state index contributed by atoms with van der Waals surface area (Å²) in [6.45, 7) is 11.0. The first kappa shape index (κ1) is 24.8. The number of aromatic nitrogens is 3. The quantitative estimate of drug-likeness (QED) is 0.414. The van der Waals surface area contributed by atoms with Gasteiger partial charge >= 0.3 is 0 Å². The Morgan fingerprint density at radius 1 is 1.08 bits per heavy atom. The Kier molecular flexibility index (Phi) is 6.56. The monoisotopic (exact) mass is 487 g/mol. The van der Waals surface area contributed by atoms with E-state index in [0.717, 1.165) is 48.4 Å². The molecule has 0 spiro atoms. The van der Waals surface area contributed by atoms with Gasteiger partial charge < -0.3 is 9.80 Å². The lowest BCUT2D eigenvalue weighted by atomic mass is 9.80. The summed E-state index contributed by atoms with van der Waals surface area (Å²) in [5.74, 6) is 0.482. The summed E-state index contributed by atoms with van der Waals surface area (Å²) in [7, 11) is 2.01. The van der Waals surface area contributed by atoms with Crippen LogP contribution in [-0.2, 0) is 11.2 Å². The molecule has 6 nitrogen and oxygen atoms in total. The summed E-state index contributed by atoms with van der Waals surface area (Å²) in [4.78, 5) is 22.6. The summed E-state index contributed by atoms with van der Waals surface area (Å²) in [6.07, 6.45) is 9.73. The maximum atomic E-state index is 13.5. The third-order valence-electron chi connectivity index (χ3n) is 8.18. The lowest BCUT2D eigenvalue weighted by Crippen LogP contribution is -2.42. The molecule has 3 aromatic rings. The van der Waals surface area contributed by atoms with Crippen molar-refractivity contribution in [2.75, 3.05) is 11.9 Å². The lowest BCUT2D eigenvalue weighted by Gasteiger charge is -2.41. The van der Waals surface area contributed by atoms with E-state index in [1.165, 1.54) is 30.5 Å². The number of amides is 1. The average Bonchev–Trinajstić information content (AvgIpc) is 3.24. The second-order valence-corrected chi connectivity index (χ2v) is 12.0. The van der Waals surface area contributed by atoms with E-state index in [-0.39, 0.29) is 17.4 Å². The predicted octanol–water partition coefficient (Wildman–Crippen LogP) is 6.64. The molecule has 0 unspecified atom stereocenters. The molecule has 1 amide bonds. The van der Waals surface area contributed by atoms with Crippen LogP contribution in [0.15, 0.2) is 36.5 Å². The normalized spacial score (nSPS) is 19.8. The van der Waals surface area contributed by atoms with Gasteiger partial charge in [0.2, 0.25) is 5.91 Å². The highest BCUT2D eigenvalue weighted by atomic mass is 16.2. The van der Waals surface area contributed by atoms with Gasteiger partial charge in [0.15, 0.2) is 5.65 Å². The van der Waals surface area contributed by atoms with E-state index in [0.29, 0.717) is 11.9 Å². The Balaban J connectivity index is 1.46. The van der Waals surface area contributed by atoms with Crippen molar-refractivity contribution in [3.05, 3.63) is 53.5 Å². The maximum absolute atomic E-state index is 13.5. The second kappa shape index (κ2) is 9.53. The van der Waals surface area contributed by atoms with Gasteiger partial charge in [-0.3, -0.25) is 4.79 Å². The fraction of sp³-hybridized carbons (Fsp3) is 0.567. The zero-order chi connectivity index (χ0) is 25.6. The number of carbonyl (C=O) groups excluding carboxylic acids is 1. The van der Waals surface area contributed by atoms with Crippen molar-refractivity contribution in [1.29, 1.82) is 0 Å². The molecule has 1 fully saturated rings. The van der Waals surface area contributed by atoms with Crippen LogP contribution in [0.5, 0.6) is 0 Å². The highest BCUT2D eigenvalue weighted by Gasteiger charge is 2.36. The highest BCUT2D eigenvalue weighted by molar-refractivity contribution is 5.79. The number of anilines is 2. The van der Waals surface area contributed by atoms with Gasteiger partial charge in [-0.05, 0) is 62.6 Å². The summed E-state index contributed by atoms with van der Waals surface area (Å²) < 4.78 is 2.01. The standard InChI is InChI=1S/C30H41N5O/c1-20-18-27-31-19-26-25(35(27)32-20)17-12-21(2)34(26)24-15-13-22(14-16-24)28(30(3,4)5)33(6)29(36)23-10-8-7-9-11-23/h13-16,18-19,21,23,28H,7-12,17H2,1-6H3/t21-,28+/m1/s1. The van der Waals surface area contributed by atoms with Gasteiger partial charge in [0.05, 0.1) is 29.3 Å². The van der Waals surface area contributed by atoms with Gasteiger partial charge in [-0.2, -0.15) is 5.10 Å². The Labute approximate surface area is 215 Å². The van der Waals surface area contributed by atoms with E-state index in [1.54, 1.807) is 0 Å². The van der Waals surface area contributed by atoms with Gasteiger partial charge in [0.25, 0.3) is 0 Å². The third-order valence-corrected chi connectivity index (χ3v) is 8.18. The molecule has 1 aliphatic carbocycles. The van der Waals surface area contributed by atoms with Crippen molar-refractivity contribution in [2.24, 2.45) is 11.3 Å². The molecule has 2 atom stereocenters. The maximum Gasteiger partial charge on any atom is 0.225 e. The number of fused-ring (bicyclic) bond motifs is 3. The molecule has 6 heteroatoms. The van der Waals surface area contributed by atoms with E-state index in [2.05, 4.69) is 56.9 Å². The number of rotatable bonds is 4. The largest absolute Gasteiger partial charge is 0.338 e. The molecule has 5 rings (SSSR count). The van der Waals surface area contributed by atoms with Crippen LogP contribution in [0.1, 0.15) is 89.2 Å². The predicted molar refractivity (Wildman–Crippen MR) is 146 cm³/mol. The van der Waals surface area contributed by atoms with Crippen LogP contribution in [-0.4, -0.2) is 38.5 Å². The SMILES string of the molecule is Cc1cc2ncc3c(n2n1)CC[C@@H](C)N3c1ccc([C@H](N(C)C(=O)C2CCCCC2)C(C)(C)C)cc1. The second-order valence-electron chi connectivity index (χ2n) is 12.0. The minimum Gasteiger partial charge on any atom is -0.338 e. The van der Waals surface area contributed by atoms with Gasteiger partial charge in [-0.25, -0.2) is 9.50 Å². The van der Waals surface area contributed by atoms with Crippen LogP contribution in [0.3, 0.4) is 0 Å². The molecular formula is C30H41N5O. The van der Waals surface area contributed by atoms with Crippen LogP contribution in [0.4, 0.5) is 11.4 Å². The van der Waals surface area contributed by atoms with Crippen molar-refractivity contribution in [3.8, 4) is 0 Å². The fourth-order valence-corrected chi connectivity index (χ4v) is 6.51. The first-order valence-electron chi connectivity index (χ1n) is 13.7. The van der Waals surface area contributed by atoms with Crippen LogP contribution in [0, 0.1) is 18.3 Å². The molecule has 3 heterocycles. The van der Waals surface area contributed by atoms with Crippen molar-refractivity contribution in [1.82, 2.24) is 19.5 Å². The van der Waals surface area contributed by atoms with E-state index >= 15 is 0 Å². The van der Waals surface area contributed by atoms with Crippen molar-refractivity contribution in [3.63, 3.8) is 0 Å². The molecule has 2 aromatic heterocycles. The van der Waals surface area contributed by atoms with Crippen molar-refractivity contribution in [2.45, 2.75) is 91.6 Å². The van der Waals surface area contributed by atoms with Crippen LogP contribution in [0.25, 0.3) is 5.65 Å². The summed E-state index contributed by atoms with van der Waals surface area (Å²) >= 11 is 0. The van der Waals surface area contributed by atoms with E-state index in [4.69, 9.17) is 10.1 Å². The number of aryl methyl sites for hydroxylation is 2. The molecule has 0 bridgehead atoms. The molecule has 192 valence electrons. The van der Waals surface area contributed by atoms with Gasteiger partial charge in [0.1, 0.15) is 0 Å². The Morgan fingerprint density at radius 3 is 2.44 bits per heavy atom. The molecule has 0 radical (unpaired) electrons. The summed E-state index contributed by atoms with van der Waals surface area (Å²) in [5, 5.41) is 4.71. The molecule has 1 aliphatic heterocycles. The Hall–Kier alpha value is -2.89. The topological polar surface area (TPSA) is 53.7 Å². The number of hydrogen-bond donors (Lipinski definition) is 0.